The zero-order chi connectivity index (χ0) is 35.5. The molecule has 6 atom stereocenters. The number of urea groups is 1. The van der Waals surface area contributed by atoms with Gasteiger partial charge in [0.1, 0.15) is 23.6 Å². The van der Waals surface area contributed by atoms with Crippen LogP contribution in [-0.4, -0.2) is 64.7 Å². The predicted octanol–water partition coefficient (Wildman–Crippen LogP) is 4.76. The summed E-state index contributed by atoms with van der Waals surface area (Å²) in [6.07, 6.45) is 2.71. The van der Waals surface area contributed by atoms with Crippen LogP contribution in [0.2, 0.25) is 0 Å². The molecule has 2 aliphatic rings. The maximum atomic E-state index is 14.7. The van der Waals surface area contributed by atoms with Gasteiger partial charge in [0.05, 0.1) is 12.1 Å². The fourth-order valence-electron chi connectivity index (χ4n) is 5.83. The molecule has 14 heteroatoms. The number of para-hydroxylation sites is 2. The monoisotopic (exact) mass is 721 g/mol. The van der Waals surface area contributed by atoms with Crippen molar-refractivity contribution in [2.24, 2.45) is 0 Å². The minimum absolute atomic E-state index is 0.114. The molecule has 0 spiro atoms. The first-order valence-corrected chi connectivity index (χ1v) is 19.5. The Labute approximate surface area is 296 Å². The molecule has 0 aliphatic carbocycles. The summed E-state index contributed by atoms with van der Waals surface area (Å²) in [4.78, 5) is 50.8. The van der Waals surface area contributed by atoms with Gasteiger partial charge in [-0.3, -0.25) is 14.4 Å². The highest BCUT2D eigenvalue weighted by Gasteiger charge is 2.43. The van der Waals surface area contributed by atoms with Gasteiger partial charge in [-0.2, -0.15) is 11.8 Å². The quantitative estimate of drug-likeness (QED) is 0.0757. The Hall–Kier alpha value is -4.48. The Morgan fingerprint density at radius 1 is 0.800 bits per heavy atom. The van der Waals surface area contributed by atoms with Crippen molar-refractivity contribution in [1.82, 2.24) is 26.6 Å². The fourth-order valence-corrected chi connectivity index (χ4v) is 9.21. The van der Waals surface area contributed by atoms with Gasteiger partial charge in [-0.25, -0.2) is 9.36 Å². The van der Waals surface area contributed by atoms with Gasteiger partial charge in [-0.1, -0.05) is 73.2 Å². The van der Waals surface area contributed by atoms with Gasteiger partial charge in [0.2, 0.25) is 17.7 Å². The molecule has 5 amide bonds. The van der Waals surface area contributed by atoms with E-state index in [4.69, 9.17) is 9.05 Å². The highest BCUT2D eigenvalue weighted by molar-refractivity contribution is 8.00. The van der Waals surface area contributed by atoms with Gasteiger partial charge in [0.15, 0.2) is 5.78 Å². The third-order valence-electron chi connectivity index (χ3n) is 8.52. The molecule has 0 saturated carbocycles. The van der Waals surface area contributed by atoms with Crippen LogP contribution in [0.4, 0.5) is 4.79 Å². The van der Waals surface area contributed by atoms with Crippen molar-refractivity contribution in [2.75, 3.05) is 5.75 Å². The van der Waals surface area contributed by atoms with Gasteiger partial charge in [-0.05, 0) is 56.5 Å². The summed E-state index contributed by atoms with van der Waals surface area (Å²) in [6, 6.07) is 24.6. The summed E-state index contributed by atoms with van der Waals surface area (Å²) in [5.74, 6) is -1.06. The van der Waals surface area contributed by atoms with Crippen molar-refractivity contribution in [2.45, 2.75) is 81.2 Å². The third kappa shape index (κ3) is 10.3. The lowest BCUT2D eigenvalue weighted by Crippen LogP contribution is -2.53. The van der Waals surface area contributed by atoms with E-state index in [1.165, 1.54) is 6.92 Å². The lowest BCUT2D eigenvalue weighted by molar-refractivity contribution is -0.131. The number of hydrogen-bond donors (Lipinski definition) is 5. The van der Waals surface area contributed by atoms with Crippen LogP contribution in [0.15, 0.2) is 91.0 Å². The van der Waals surface area contributed by atoms with Crippen LogP contribution in [0.5, 0.6) is 11.5 Å². The summed E-state index contributed by atoms with van der Waals surface area (Å²) >= 11 is 1.83. The Kier molecular flexibility index (Phi) is 12.8. The number of carbonyl (C=O) groups excluding carboxylic acids is 4. The van der Waals surface area contributed by atoms with E-state index in [1.807, 2.05) is 42.1 Å². The van der Waals surface area contributed by atoms with E-state index in [-0.39, 0.29) is 36.9 Å². The lowest BCUT2D eigenvalue weighted by Gasteiger charge is -2.29. The fraction of sp³-hybridized carbons (Fsp3) is 0.389. The molecule has 12 nitrogen and oxygen atoms in total. The highest BCUT2D eigenvalue weighted by atomic mass is 32.2. The highest BCUT2D eigenvalue weighted by Crippen LogP contribution is 2.53. The second-order valence-corrected chi connectivity index (χ2v) is 15.8. The normalized spacial score (nSPS) is 19.9. The molecule has 5 rings (SSSR count). The number of hydrogen-bond acceptors (Lipinski definition) is 8. The first-order valence-electron chi connectivity index (χ1n) is 16.8. The molecule has 0 aromatic heterocycles. The van der Waals surface area contributed by atoms with Crippen molar-refractivity contribution in [3.05, 3.63) is 96.6 Å². The van der Waals surface area contributed by atoms with Crippen LogP contribution in [0.25, 0.3) is 0 Å². The number of unbranched alkanes of at least 4 members (excludes halogenated alkanes) is 1. The van der Waals surface area contributed by atoms with Crippen LogP contribution in [0.1, 0.15) is 45.1 Å². The molecular formula is C36H44N5O7PS. The summed E-state index contributed by atoms with van der Waals surface area (Å²) in [5, 5.41) is 14.4. The van der Waals surface area contributed by atoms with Crippen molar-refractivity contribution < 1.29 is 32.8 Å². The minimum atomic E-state index is -4.16. The Morgan fingerprint density at radius 3 is 1.98 bits per heavy atom. The molecule has 2 saturated heterocycles. The molecule has 2 aliphatic heterocycles. The standard InChI is InChI=1S/C36H44N5O7PS/c1-24(37-31(42)21-13-12-20-30-33-29(23-50-30)39-36(45)41-33)34(43)38-25(2)35(44)40-32(22-26-14-6-3-7-15-26)49(46,47-27-16-8-4-9-17-27)48-28-18-10-5-11-19-28/h3-11,14-19,24-25,29-30,32-33H,12-13,20-23H2,1-2H3,(H,37,42)(H,38,43)(H,40,44)(H2,39,41,45). The number of benzene rings is 3. The van der Waals surface area contributed by atoms with Crippen molar-refractivity contribution in [1.29, 1.82) is 0 Å². The lowest BCUT2D eigenvalue weighted by atomic mass is 10.0. The largest absolute Gasteiger partial charge is 0.453 e. The molecule has 3 aromatic rings. The number of amides is 5. The molecule has 3 aromatic carbocycles. The Morgan fingerprint density at radius 2 is 1.36 bits per heavy atom. The van der Waals surface area contributed by atoms with E-state index < -0.39 is 37.3 Å². The van der Waals surface area contributed by atoms with Crippen LogP contribution in [0.3, 0.4) is 0 Å². The van der Waals surface area contributed by atoms with Crippen molar-refractivity contribution in [3.63, 3.8) is 0 Å². The second-order valence-electron chi connectivity index (χ2n) is 12.4. The minimum Gasteiger partial charge on any atom is -0.415 e. The molecule has 5 N–H and O–H groups in total. The maximum absolute atomic E-state index is 14.7. The van der Waals surface area contributed by atoms with Crippen LogP contribution in [-0.2, 0) is 25.4 Å². The van der Waals surface area contributed by atoms with E-state index in [0.29, 0.717) is 23.2 Å². The molecule has 2 heterocycles. The summed E-state index contributed by atoms with van der Waals surface area (Å²) in [5.41, 5.74) is 0.785. The van der Waals surface area contributed by atoms with Gasteiger partial charge in [0.25, 0.3) is 0 Å². The summed E-state index contributed by atoms with van der Waals surface area (Å²) in [6.45, 7) is 3.06. The number of fused-ring (bicyclic) bond motifs is 1. The second kappa shape index (κ2) is 17.4. The molecular weight excluding hydrogens is 677 g/mol. The average Bonchev–Trinajstić information content (AvgIpc) is 3.66. The number of rotatable bonds is 17. The van der Waals surface area contributed by atoms with Gasteiger partial charge in [-0.15, -0.1) is 0 Å². The third-order valence-corrected chi connectivity index (χ3v) is 12.0. The van der Waals surface area contributed by atoms with E-state index in [1.54, 1.807) is 67.6 Å². The molecule has 0 bridgehead atoms. The first-order chi connectivity index (χ1) is 24.1. The average molecular weight is 722 g/mol. The predicted molar refractivity (Wildman–Crippen MR) is 193 cm³/mol. The number of nitrogens with one attached hydrogen (secondary N) is 5. The van der Waals surface area contributed by atoms with Crippen LogP contribution in [0, 0.1) is 0 Å². The van der Waals surface area contributed by atoms with Crippen LogP contribution < -0.4 is 35.6 Å². The molecule has 6 unspecified atom stereocenters. The Balaban J connectivity index is 1.17. The van der Waals surface area contributed by atoms with Gasteiger partial charge >= 0.3 is 13.6 Å². The Bertz CT molecular complexity index is 1610. The molecule has 0 radical (unpaired) electrons. The van der Waals surface area contributed by atoms with Gasteiger partial charge in [0, 0.05) is 23.8 Å². The van der Waals surface area contributed by atoms with Crippen molar-refractivity contribution in [3.8, 4) is 11.5 Å². The zero-order valence-corrected chi connectivity index (χ0v) is 29.8. The van der Waals surface area contributed by atoms with Gasteiger partial charge < -0.3 is 35.6 Å². The van der Waals surface area contributed by atoms with Crippen LogP contribution >= 0.6 is 19.4 Å². The van der Waals surface area contributed by atoms with E-state index in [2.05, 4.69) is 26.6 Å². The summed E-state index contributed by atoms with van der Waals surface area (Å²) < 4.78 is 26.8. The maximum Gasteiger partial charge on any atom is 0.453 e. The topological polar surface area (TPSA) is 164 Å². The molecule has 50 heavy (non-hydrogen) atoms. The molecule has 2 fully saturated rings. The zero-order valence-electron chi connectivity index (χ0n) is 28.1. The van der Waals surface area contributed by atoms with E-state index in [0.717, 1.165) is 24.2 Å². The number of carbonyl (C=O) groups is 4. The molecule has 266 valence electrons. The van der Waals surface area contributed by atoms with E-state index in [9.17, 15) is 23.7 Å². The SMILES string of the molecule is CC(NC(=O)CCCCC1SCC2NC(=O)NC21)C(=O)NC(C)C(=O)NC(Cc1ccccc1)P(=O)(Oc1ccccc1)Oc1ccccc1. The first kappa shape index (κ1) is 36.8. The summed E-state index contributed by atoms with van der Waals surface area (Å²) in [7, 11) is -4.16. The van der Waals surface area contributed by atoms with Crippen molar-refractivity contribution >= 4 is 43.1 Å². The smallest absolute Gasteiger partial charge is 0.415 e. The number of thioether (sulfide) groups is 1. The van der Waals surface area contributed by atoms with E-state index >= 15 is 0 Å².